The summed E-state index contributed by atoms with van der Waals surface area (Å²) >= 11 is 1.18. The van der Waals surface area contributed by atoms with Crippen LogP contribution in [-0.4, -0.2) is 8.42 Å². The summed E-state index contributed by atoms with van der Waals surface area (Å²) in [5.41, 5.74) is 7.68. The highest BCUT2D eigenvalue weighted by Crippen LogP contribution is 2.22. The Morgan fingerprint density at radius 1 is 1.29 bits per heavy atom. The molecule has 1 aromatic carbocycles. The van der Waals surface area contributed by atoms with E-state index in [2.05, 4.69) is 4.72 Å². The number of rotatable bonds is 3. The molecule has 0 aliphatic heterocycles. The van der Waals surface area contributed by atoms with E-state index in [4.69, 9.17) is 5.73 Å². The normalized spacial score (nSPS) is 11.4. The molecule has 0 saturated carbocycles. The Hall–Kier alpha value is -1.53. The van der Waals surface area contributed by atoms with Crippen LogP contribution < -0.4 is 10.5 Å². The summed E-state index contributed by atoms with van der Waals surface area (Å²) in [5.74, 6) is 0. The predicted octanol–water partition coefficient (Wildman–Crippen LogP) is 2.44. The second-order valence-corrected chi connectivity index (χ2v) is 6.47. The average Bonchev–Trinajstić information content (AvgIpc) is 2.77. The standard InChI is InChI=1S/C11H12N2O2S2/c1-8-7-9(4-5-10(8)12)13-17(14,15)11-3-2-6-16-11/h2-7,13H,12H2,1H3. The number of hydrogen-bond acceptors (Lipinski definition) is 4. The third-order valence-electron chi connectivity index (χ3n) is 2.28. The number of benzene rings is 1. The minimum atomic E-state index is -3.47. The molecule has 0 fully saturated rings. The van der Waals surface area contributed by atoms with Gasteiger partial charge < -0.3 is 5.73 Å². The minimum Gasteiger partial charge on any atom is -0.399 e. The van der Waals surface area contributed by atoms with E-state index in [1.807, 2.05) is 6.92 Å². The summed E-state index contributed by atoms with van der Waals surface area (Å²) in [6.07, 6.45) is 0. The molecule has 2 rings (SSSR count). The molecule has 0 amide bonds. The lowest BCUT2D eigenvalue weighted by molar-refractivity contribution is 0.603. The molecule has 2 aromatic rings. The van der Waals surface area contributed by atoms with Crippen molar-refractivity contribution in [3.05, 3.63) is 41.3 Å². The monoisotopic (exact) mass is 268 g/mol. The van der Waals surface area contributed by atoms with Gasteiger partial charge in [0.05, 0.1) is 0 Å². The summed E-state index contributed by atoms with van der Waals surface area (Å²) in [6, 6.07) is 8.31. The summed E-state index contributed by atoms with van der Waals surface area (Å²) in [7, 11) is -3.47. The molecule has 3 N–H and O–H groups in total. The molecule has 0 radical (unpaired) electrons. The van der Waals surface area contributed by atoms with Crippen LogP contribution in [0.15, 0.2) is 39.9 Å². The van der Waals surface area contributed by atoms with Crippen molar-refractivity contribution >= 4 is 32.7 Å². The maximum Gasteiger partial charge on any atom is 0.271 e. The smallest absolute Gasteiger partial charge is 0.271 e. The zero-order chi connectivity index (χ0) is 12.5. The number of thiophene rings is 1. The lowest BCUT2D eigenvalue weighted by Gasteiger charge is -2.08. The highest BCUT2D eigenvalue weighted by Gasteiger charge is 2.15. The van der Waals surface area contributed by atoms with E-state index in [0.29, 0.717) is 15.6 Å². The molecule has 6 heteroatoms. The van der Waals surface area contributed by atoms with Crippen LogP contribution in [0.25, 0.3) is 0 Å². The first-order chi connectivity index (χ1) is 7.99. The maximum atomic E-state index is 11.9. The van der Waals surface area contributed by atoms with Crippen molar-refractivity contribution in [3.63, 3.8) is 0 Å². The summed E-state index contributed by atoms with van der Waals surface area (Å²) < 4.78 is 26.7. The van der Waals surface area contributed by atoms with Gasteiger partial charge in [0.25, 0.3) is 10.0 Å². The fraction of sp³-hybridized carbons (Fsp3) is 0.0909. The van der Waals surface area contributed by atoms with Gasteiger partial charge >= 0.3 is 0 Å². The lowest BCUT2D eigenvalue weighted by Crippen LogP contribution is -2.11. The first-order valence-electron chi connectivity index (χ1n) is 4.91. The molecule has 90 valence electrons. The van der Waals surface area contributed by atoms with Crippen molar-refractivity contribution in [1.82, 2.24) is 0 Å². The Morgan fingerprint density at radius 2 is 2.06 bits per heavy atom. The second-order valence-electron chi connectivity index (χ2n) is 3.61. The van der Waals surface area contributed by atoms with Gasteiger partial charge in [-0.2, -0.15) is 0 Å². The van der Waals surface area contributed by atoms with Crippen molar-refractivity contribution in [2.75, 3.05) is 10.5 Å². The van der Waals surface area contributed by atoms with Crippen LogP contribution in [-0.2, 0) is 10.0 Å². The number of hydrogen-bond donors (Lipinski definition) is 2. The average molecular weight is 268 g/mol. The van der Waals surface area contributed by atoms with E-state index in [-0.39, 0.29) is 0 Å². The maximum absolute atomic E-state index is 11.9. The topological polar surface area (TPSA) is 72.2 Å². The summed E-state index contributed by atoms with van der Waals surface area (Å²) in [6.45, 7) is 1.83. The van der Waals surface area contributed by atoms with Crippen molar-refractivity contribution in [1.29, 1.82) is 0 Å². The molecular formula is C11H12N2O2S2. The second kappa shape index (κ2) is 4.38. The van der Waals surface area contributed by atoms with Gasteiger partial charge in [0.15, 0.2) is 0 Å². The third-order valence-corrected chi connectivity index (χ3v) is 5.06. The van der Waals surface area contributed by atoms with Crippen molar-refractivity contribution in [3.8, 4) is 0 Å². The fourth-order valence-electron chi connectivity index (χ4n) is 1.36. The molecule has 0 aliphatic rings. The number of aryl methyl sites for hydroxylation is 1. The predicted molar refractivity (Wildman–Crippen MR) is 70.7 cm³/mol. The number of sulfonamides is 1. The van der Waals surface area contributed by atoms with Crippen LogP contribution >= 0.6 is 11.3 Å². The molecule has 0 bridgehead atoms. The van der Waals surface area contributed by atoms with Crippen LogP contribution in [0.3, 0.4) is 0 Å². The summed E-state index contributed by atoms with van der Waals surface area (Å²) in [5, 5.41) is 1.72. The van der Waals surface area contributed by atoms with Crippen LogP contribution in [0.1, 0.15) is 5.56 Å². The molecule has 0 saturated heterocycles. The lowest BCUT2D eigenvalue weighted by atomic mass is 10.2. The number of nitrogen functional groups attached to an aromatic ring is 1. The first kappa shape index (κ1) is 11.9. The van der Waals surface area contributed by atoms with E-state index in [1.165, 1.54) is 11.3 Å². The van der Waals surface area contributed by atoms with Gasteiger partial charge in [-0.3, -0.25) is 4.72 Å². The Kier molecular flexibility index (Phi) is 3.08. The summed E-state index contributed by atoms with van der Waals surface area (Å²) in [4.78, 5) is 0. The molecule has 0 atom stereocenters. The molecule has 4 nitrogen and oxygen atoms in total. The number of nitrogens with one attached hydrogen (secondary N) is 1. The van der Waals surface area contributed by atoms with Crippen LogP contribution in [0.5, 0.6) is 0 Å². The zero-order valence-electron chi connectivity index (χ0n) is 9.17. The molecule has 17 heavy (non-hydrogen) atoms. The van der Waals surface area contributed by atoms with Gasteiger partial charge in [0, 0.05) is 11.4 Å². The van der Waals surface area contributed by atoms with Gasteiger partial charge in [-0.1, -0.05) is 6.07 Å². The van der Waals surface area contributed by atoms with Crippen LogP contribution in [0.4, 0.5) is 11.4 Å². The molecule has 0 spiro atoms. The van der Waals surface area contributed by atoms with Gasteiger partial charge in [-0.05, 0) is 42.1 Å². The third kappa shape index (κ3) is 2.59. The van der Waals surface area contributed by atoms with Gasteiger partial charge in [0.1, 0.15) is 4.21 Å². The highest BCUT2D eigenvalue weighted by molar-refractivity contribution is 7.94. The Morgan fingerprint density at radius 3 is 2.65 bits per heavy atom. The molecule has 0 unspecified atom stereocenters. The number of nitrogens with two attached hydrogens (primary N) is 1. The molecule has 1 heterocycles. The van der Waals surface area contributed by atoms with Gasteiger partial charge in [0.2, 0.25) is 0 Å². The van der Waals surface area contributed by atoms with Gasteiger partial charge in [-0.25, -0.2) is 8.42 Å². The van der Waals surface area contributed by atoms with Crippen LogP contribution in [0, 0.1) is 6.92 Å². The van der Waals surface area contributed by atoms with Crippen molar-refractivity contribution in [2.45, 2.75) is 11.1 Å². The zero-order valence-corrected chi connectivity index (χ0v) is 10.8. The molecule has 0 aliphatic carbocycles. The SMILES string of the molecule is Cc1cc(NS(=O)(=O)c2cccs2)ccc1N. The highest BCUT2D eigenvalue weighted by atomic mass is 32.2. The Labute approximate surface area is 104 Å². The van der Waals surface area contributed by atoms with E-state index < -0.39 is 10.0 Å². The largest absolute Gasteiger partial charge is 0.399 e. The minimum absolute atomic E-state index is 0.298. The van der Waals surface area contributed by atoms with E-state index >= 15 is 0 Å². The van der Waals surface area contributed by atoms with Crippen molar-refractivity contribution in [2.24, 2.45) is 0 Å². The number of anilines is 2. The molecule has 1 aromatic heterocycles. The fourth-order valence-corrected chi connectivity index (χ4v) is 3.40. The van der Waals surface area contributed by atoms with E-state index in [0.717, 1.165) is 5.56 Å². The van der Waals surface area contributed by atoms with Crippen molar-refractivity contribution < 1.29 is 8.42 Å². The Balaban J connectivity index is 2.30. The Bertz CT molecular complexity index is 619. The van der Waals surface area contributed by atoms with E-state index in [9.17, 15) is 8.42 Å². The van der Waals surface area contributed by atoms with E-state index in [1.54, 1.807) is 35.7 Å². The quantitative estimate of drug-likeness (QED) is 0.840. The van der Waals surface area contributed by atoms with Gasteiger partial charge in [-0.15, -0.1) is 11.3 Å². The molecular weight excluding hydrogens is 256 g/mol. The first-order valence-corrected chi connectivity index (χ1v) is 7.28. The van der Waals surface area contributed by atoms with Crippen LogP contribution in [0.2, 0.25) is 0 Å².